The second-order valence-corrected chi connectivity index (χ2v) is 6.65. The molecule has 0 saturated heterocycles. The van der Waals surface area contributed by atoms with Crippen LogP contribution in [0, 0.1) is 6.92 Å². The van der Waals surface area contributed by atoms with E-state index in [1.807, 2.05) is 18.2 Å². The summed E-state index contributed by atoms with van der Waals surface area (Å²) in [6.45, 7) is 8.02. The molecule has 2 rings (SSSR count). The average molecular weight is 305 g/mol. The molecule has 0 unspecified atom stereocenters. The summed E-state index contributed by atoms with van der Waals surface area (Å²) in [5, 5.41) is 10.1. The lowest BCUT2D eigenvalue weighted by molar-refractivity contribution is 0.0950. The summed E-state index contributed by atoms with van der Waals surface area (Å²) in [6, 6.07) is 8.17. The molecule has 0 amide bonds. The van der Waals surface area contributed by atoms with Gasteiger partial charge in [-0.2, -0.15) is 0 Å². The largest absolute Gasteiger partial charge is 0.468 e. The second-order valence-electron chi connectivity index (χ2n) is 5.28. The van der Waals surface area contributed by atoms with Crippen molar-refractivity contribution in [2.24, 2.45) is 0 Å². The number of thiophene rings is 1. The number of hydrogen-bond donors (Lipinski definition) is 1. The molecule has 0 aliphatic rings. The standard InChI is InChI=1S/C17H23NO2S/c1-3-4-6-15(19)11-18(12-16-7-5-10-20-16)13-17-9-8-14(2)21-17/h3,5,7-10,15,19H,1,4,6,11-13H2,2H3/t15-/m1/s1. The number of rotatable bonds is 9. The van der Waals surface area contributed by atoms with E-state index in [9.17, 15) is 5.11 Å². The Morgan fingerprint density at radius 1 is 1.38 bits per heavy atom. The van der Waals surface area contributed by atoms with Crippen LogP contribution in [0.1, 0.15) is 28.4 Å². The van der Waals surface area contributed by atoms with Gasteiger partial charge in [-0.3, -0.25) is 4.90 Å². The fraction of sp³-hybridized carbons (Fsp3) is 0.412. The van der Waals surface area contributed by atoms with Crippen LogP contribution in [0.5, 0.6) is 0 Å². The normalized spacial score (nSPS) is 12.7. The summed E-state index contributed by atoms with van der Waals surface area (Å²) in [6.07, 6.45) is 4.80. The molecule has 21 heavy (non-hydrogen) atoms. The number of furan rings is 1. The fourth-order valence-electron chi connectivity index (χ4n) is 2.30. The Labute approximate surface area is 130 Å². The van der Waals surface area contributed by atoms with Gasteiger partial charge in [0.2, 0.25) is 0 Å². The first-order chi connectivity index (χ1) is 10.2. The van der Waals surface area contributed by atoms with Crippen molar-refractivity contribution in [3.8, 4) is 0 Å². The molecule has 1 atom stereocenters. The first kappa shape index (κ1) is 16.0. The highest BCUT2D eigenvalue weighted by atomic mass is 32.1. The molecule has 0 bridgehead atoms. The van der Waals surface area contributed by atoms with E-state index in [-0.39, 0.29) is 6.10 Å². The highest BCUT2D eigenvalue weighted by Gasteiger charge is 2.14. The van der Waals surface area contributed by atoms with E-state index < -0.39 is 0 Å². The molecule has 0 aliphatic heterocycles. The third kappa shape index (κ3) is 5.50. The quantitative estimate of drug-likeness (QED) is 0.712. The van der Waals surface area contributed by atoms with E-state index in [1.54, 1.807) is 17.6 Å². The highest BCUT2D eigenvalue weighted by molar-refractivity contribution is 7.11. The van der Waals surface area contributed by atoms with E-state index in [0.717, 1.165) is 31.7 Å². The lowest BCUT2D eigenvalue weighted by atomic mass is 10.2. The number of aryl methyl sites for hydroxylation is 1. The monoisotopic (exact) mass is 305 g/mol. The van der Waals surface area contributed by atoms with Crippen LogP contribution in [0.15, 0.2) is 47.6 Å². The second kappa shape index (κ2) is 8.17. The topological polar surface area (TPSA) is 36.6 Å². The van der Waals surface area contributed by atoms with Crippen LogP contribution in [0.4, 0.5) is 0 Å². The van der Waals surface area contributed by atoms with Gasteiger partial charge < -0.3 is 9.52 Å². The molecular weight excluding hydrogens is 282 g/mol. The van der Waals surface area contributed by atoms with Gasteiger partial charge in [0, 0.05) is 22.8 Å². The summed E-state index contributed by atoms with van der Waals surface area (Å²) in [4.78, 5) is 4.86. The van der Waals surface area contributed by atoms with Crippen LogP contribution in [0.25, 0.3) is 0 Å². The molecule has 3 nitrogen and oxygen atoms in total. The first-order valence-corrected chi connectivity index (χ1v) is 8.08. The van der Waals surface area contributed by atoms with Crippen molar-refractivity contribution >= 4 is 11.3 Å². The highest BCUT2D eigenvalue weighted by Crippen LogP contribution is 2.19. The van der Waals surface area contributed by atoms with Gasteiger partial charge in [-0.05, 0) is 44.0 Å². The zero-order valence-corrected chi connectivity index (χ0v) is 13.3. The number of nitrogens with zero attached hydrogens (tertiary/aromatic N) is 1. The van der Waals surface area contributed by atoms with E-state index in [4.69, 9.17) is 4.42 Å². The van der Waals surface area contributed by atoms with Crippen molar-refractivity contribution in [2.45, 2.75) is 39.0 Å². The van der Waals surface area contributed by atoms with Gasteiger partial charge in [0.25, 0.3) is 0 Å². The third-order valence-corrected chi connectivity index (χ3v) is 4.29. The van der Waals surface area contributed by atoms with Crippen LogP contribution in [-0.4, -0.2) is 22.7 Å². The molecule has 0 radical (unpaired) electrons. The Morgan fingerprint density at radius 2 is 2.24 bits per heavy atom. The number of aliphatic hydroxyl groups excluding tert-OH is 1. The van der Waals surface area contributed by atoms with Crippen LogP contribution < -0.4 is 0 Å². The Morgan fingerprint density at radius 3 is 2.86 bits per heavy atom. The lowest BCUT2D eigenvalue weighted by Crippen LogP contribution is -2.31. The van der Waals surface area contributed by atoms with E-state index in [1.165, 1.54) is 9.75 Å². The Balaban J connectivity index is 1.97. The van der Waals surface area contributed by atoms with Crippen molar-refractivity contribution in [3.05, 3.63) is 58.7 Å². The molecular formula is C17H23NO2S. The molecule has 2 aromatic rings. The molecule has 0 aromatic carbocycles. The molecule has 0 saturated carbocycles. The molecule has 0 spiro atoms. The minimum Gasteiger partial charge on any atom is -0.468 e. The maximum atomic E-state index is 10.1. The van der Waals surface area contributed by atoms with E-state index >= 15 is 0 Å². The van der Waals surface area contributed by atoms with E-state index in [0.29, 0.717) is 6.54 Å². The van der Waals surface area contributed by atoms with Gasteiger partial charge in [-0.1, -0.05) is 6.08 Å². The van der Waals surface area contributed by atoms with Gasteiger partial charge in [-0.15, -0.1) is 17.9 Å². The number of aliphatic hydroxyl groups is 1. The summed E-state index contributed by atoms with van der Waals surface area (Å²) in [5.41, 5.74) is 0. The SMILES string of the molecule is C=CCC[C@@H](O)CN(Cc1ccco1)Cc1ccc(C)s1. The maximum absolute atomic E-state index is 10.1. The van der Waals surface area contributed by atoms with Gasteiger partial charge in [0.1, 0.15) is 5.76 Å². The van der Waals surface area contributed by atoms with Crippen LogP contribution in [0.2, 0.25) is 0 Å². The molecule has 0 fully saturated rings. The van der Waals surface area contributed by atoms with Crippen LogP contribution in [0.3, 0.4) is 0 Å². The van der Waals surface area contributed by atoms with Gasteiger partial charge in [0.05, 0.1) is 18.9 Å². The Hall–Kier alpha value is -1.36. The molecule has 114 valence electrons. The smallest absolute Gasteiger partial charge is 0.117 e. The van der Waals surface area contributed by atoms with Crippen molar-refractivity contribution in [2.75, 3.05) is 6.54 Å². The van der Waals surface area contributed by atoms with Crippen LogP contribution in [-0.2, 0) is 13.1 Å². The predicted molar refractivity (Wildman–Crippen MR) is 87.3 cm³/mol. The number of hydrogen-bond acceptors (Lipinski definition) is 4. The van der Waals surface area contributed by atoms with Crippen molar-refractivity contribution in [1.29, 1.82) is 0 Å². The molecule has 1 N–H and O–H groups in total. The third-order valence-electron chi connectivity index (χ3n) is 3.31. The van der Waals surface area contributed by atoms with Crippen molar-refractivity contribution < 1.29 is 9.52 Å². The predicted octanol–water partition coefficient (Wildman–Crippen LogP) is 3.98. The summed E-state index contributed by atoms with van der Waals surface area (Å²) in [7, 11) is 0. The molecule has 0 aliphatic carbocycles. The molecule has 2 aromatic heterocycles. The van der Waals surface area contributed by atoms with Crippen molar-refractivity contribution in [3.63, 3.8) is 0 Å². The zero-order valence-electron chi connectivity index (χ0n) is 12.5. The fourth-order valence-corrected chi connectivity index (χ4v) is 3.23. The van der Waals surface area contributed by atoms with Gasteiger partial charge in [-0.25, -0.2) is 0 Å². The zero-order chi connectivity index (χ0) is 15.1. The summed E-state index contributed by atoms with van der Waals surface area (Å²) >= 11 is 1.80. The molecule has 2 heterocycles. The Bertz CT molecular complexity index is 533. The van der Waals surface area contributed by atoms with Crippen LogP contribution >= 0.6 is 11.3 Å². The van der Waals surface area contributed by atoms with E-state index in [2.05, 4.69) is 30.5 Å². The van der Waals surface area contributed by atoms with Crippen molar-refractivity contribution in [1.82, 2.24) is 4.90 Å². The Kier molecular flexibility index (Phi) is 6.23. The lowest BCUT2D eigenvalue weighted by Gasteiger charge is -2.23. The maximum Gasteiger partial charge on any atom is 0.117 e. The van der Waals surface area contributed by atoms with Gasteiger partial charge in [0.15, 0.2) is 0 Å². The first-order valence-electron chi connectivity index (χ1n) is 7.26. The summed E-state index contributed by atoms with van der Waals surface area (Å²) < 4.78 is 5.43. The molecule has 4 heteroatoms. The minimum atomic E-state index is -0.334. The summed E-state index contributed by atoms with van der Waals surface area (Å²) in [5.74, 6) is 0.930. The average Bonchev–Trinajstić information content (AvgIpc) is 3.08. The number of allylic oxidation sites excluding steroid dienone is 1. The van der Waals surface area contributed by atoms with Gasteiger partial charge >= 0.3 is 0 Å². The minimum absolute atomic E-state index is 0.334.